The molecule has 0 aliphatic rings. The van der Waals surface area contributed by atoms with Crippen LogP contribution in [-0.2, 0) is 6.54 Å². The van der Waals surface area contributed by atoms with Crippen LogP contribution in [0.4, 0.5) is 18.9 Å². The van der Waals surface area contributed by atoms with Crippen molar-refractivity contribution in [3.8, 4) is 0 Å². The van der Waals surface area contributed by atoms with Crippen LogP contribution in [0.2, 0.25) is 0 Å². The van der Waals surface area contributed by atoms with E-state index in [0.29, 0.717) is 0 Å². The number of anilines is 1. The zero-order valence-electron chi connectivity index (χ0n) is 8.01. The van der Waals surface area contributed by atoms with Crippen molar-refractivity contribution >= 4 is 17.0 Å². The molecule has 0 saturated carbocycles. The molecule has 0 aliphatic carbocycles. The molecule has 1 aromatic heterocycles. The SMILES string of the molecule is Fc1ccc(NCc2nccs2)c(F)c1F. The largest absolute Gasteiger partial charge is 0.376 e. The Kier molecular flexibility index (Phi) is 3.09. The Morgan fingerprint density at radius 2 is 2.00 bits per heavy atom. The van der Waals surface area contributed by atoms with Gasteiger partial charge in [-0.1, -0.05) is 0 Å². The van der Waals surface area contributed by atoms with Crippen LogP contribution >= 0.6 is 11.3 Å². The van der Waals surface area contributed by atoms with E-state index in [-0.39, 0.29) is 12.2 Å². The van der Waals surface area contributed by atoms with Crippen molar-refractivity contribution in [1.82, 2.24) is 4.98 Å². The van der Waals surface area contributed by atoms with Crippen molar-refractivity contribution in [3.05, 3.63) is 46.2 Å². The summed E-state index contributed by atoms with van der Waals surface area (Å²) in [4.78, 5) is 3.97. The van der Waals surface area contributed by atoms with E-state index < -0.39 is 17.5 Å². The minimum atomic E-state index is -1.47. The monoisotopic (exact) mass is 244 g/mol. The fraction of sp³-hybridized carbons (Fsp3) is 0.100. The smallest absolute Gasteiger partial charge is 0.196 e. The van der Waals surface area contributed by atoms with Gasteiger partial charge in [0.2, 0.25) is 0 Å². The number of rotatable bonds is 3. The van der Waals surface area contributed by atoms with Crippen molar-refractivity contribution in [2.45, 2.75) is 6.54 Å². The van der Waals surface area contributed by atoms with E-state index in [1.807, 2.05) is 0 Å². The summed E-state index contributed by atoms with van der Waals surface area (Å²) in [5.74, 6) is -3.88. The number of aromatic nitrogens is 1. The van der Waals surface area contributed by atoms with Crippen LogP contribution < -0.4 is 5.32 Å². The van der Waals surface area contributed by atoms with Gasteiger partial charge >= 0.3 is 0 Å². The van der Waals surface area contributed by atoms with Crippen LogP contribution in [0.25, 0.3) is 0 Å². The fourth-order valence-corrected chi connectivity index (χ4v) is 1.73. The number of nitrogens with one attached hydrogen (secondary N) is 1. The zero-order valence-corrected chi connectivity index (χ0v) is 8.82. The van der Waals surface area contributed by atoms with Crippen molar-refractivity contribution in [3.63, 3.8) is 0 Å². The Morgan fingerprint density at radius 1 is 1.19 bits per heavy atom. The molecule has 1 N–H and O–H groups in total. The van der Waals surface area contributed by atoms with E-state index in [1.165, 1.54) is 11.3 Å². The molecule has 0 fully saturated rings. The average molecular weight is 244 g/mol. The Balaban J connectivity index is 2.13. The summed E-state index contributed by atoms with van der Waals surface area (Å²) in [7, 11) is 0. The van der Waals surface area contributed by atoms with Crippen molar-refractivity contribution in [2.24, 2.45) is 0 Å². The Bertz CT molecular complexity index is 485. The standard InChI is InChI=1S/C10H7F3N2S/c11-6-1-2-7(10(13)9(6)12)15-5-8-14-3-4-16-8/h1-4,15H,5H2. The maximum Gasteiger partial charge on any atom is 0.196 e. The molecule has 0 aliphatic heterocycles. The lowest BCUT2D eigenvalue weighted by Gasteiger charge is -2.06. The molecule has 6 heteroatoms. The van der Waals surface area contributed by atoms with Gasteiger partial charge < -0.3 is 5.32 Å². The third-order valence-electron chi connectivity index (χ3n) is 1.95. The van der Waals surface area contributed by atoms with E-state index >= 15 is 0 Å². The van der Waals surface area contributed by atoms with E-state index in [9.17, 15) is 13.2 Å². The summed E-state index contributed by atoms with van der Waals surface area (Å²) in [6, 6.07) is 2.03. The maximum atomic E-state index is 13.2. The van der Waals surface area contributed by atoms with Crippen molar-refractivity contribution < 1.29 is 13.2 Å². The molecule has 0 spiro atoms. The molecule has 16 heavy (non-hydrogen) atoms. The number of hydrogen-bond donors (Lipinski definition) is 1. The van der Waals surface area contributed by atoms with Gasteiger partial charge in [0.25, 0.3) is 0 Å². The van der Waals surface area contributed by atoms with Gasteiger partial charge in [0.15, 0.2) is 17.5 Å². The number of halogens is 3. The minimum absolute atomic E-state index is 0.0749. The Labute approximate surface area is 93.8 Å². The van der Waals surface area contributed by atoms with Crippen molar-refractivity contribution in [1.29, 1.82) is 0 Å². The molecular weight excluding hydrogens is 237 g/mol. The molecule has 2 rings (SSSR count). The first-order valence-electron chi connectivity index (χ1n) is 4.44. The van der Waals surface area contributed by atoms with Gasteiger partial charge in [0.05, 0.1) is 12.2 Å². The molecule has 84 valence electrons. The summed E-state index contributed by atoms with van der Waals surface area (Å²) < 4.78 is 38.7. The van der Waals surface area contributed by atoms with Crippen LogP contribution in [0, 0.1) is 17.5 Å². The molecule has 0 saturated heterocycles. The van der Waals surface area contributed by atoms with E-state index in [1.54, 1.807) is 11.6 Å². The van der Waals surface area contributed by atoms with Crippen LogP contribution in [0.3, 0.4) is 0 Å². The van der Waals surface area contributed by atoms with Gasteiger partial charge in [-0.05, 0) is 12.1 Å². The quantitative estimate of drug-likeness (QED) is 0.839. The lowest BCUT2D eigenvalue weighted by atomic mass is 10.3. The van der Waals surface area contributed by atoms with Gasteiger partial charge in [-0.3, -0.25) is 0 Å². The molecule has 0 amide bonds. The molecule has 0 unspecified atom stereocenters. The predicted octanol–water partition coefficient (Wildman–Crippen LogP) is 3.17. The normalized spacial score (nSPS) is 10.4. The molecule has 1 heterocycles. The molecule has 0 radical (unpaired) electrons. The zero-order chi connectivity index (χ0) is 11.5. The second-order valence-electron chi connectivity index (χ2n) is 3.00. The second-order valence-corrected chi connectivity index (χ2v) is 3.98. The first kappa shape index (κ1) is 10.9. The minimum Gasteiger partial charge on any atom is -0.376 e. The average Bonchev–Trinajstić information content (AvgIpc) is 2.78. The van der Waals surface area contributed by atoms with Gasteiger partial charge in [0.1, 0.15) is 5.01 Å². The highest BCUT2D eigenvalue weighted by molar-refractivity contribution is 7.09. The van der Waals surface area contributed by atoms with Gasteiger partial charge in [-0.2, -0.15) is 0 Å². The molecule has 2 aromatic rings. The first-order valence-corrected chi connectivity index (χ1v) is 5.32. The summed E-state index contributed by atoms with van der Waals surface area (Å²) >= 11 is 1.39. The Hall–Kier alpha value is -1.56. The van der Waals surface area contributed by atoms with E-state index in [2.05, 4.69) is 10.3 Å². The van der Waals surface area contributed by atoms with Crippen LogP contribution in [0.15, 0.2) is 23.7 Å². The maximum absolute atomic E-state index is 13.2. The molecular formula is C10H7F3N2S. The molecule has 0 bridgehead atoms. The molecule has 1 aromatic carbocycles. The van der Waals surface area contributed by atoms with Crippen LogP contribution in [-0.4, -0.2) is 4.98 Å². The van der Waals surface area contributed by atoms with E-state index in [4.69, 9.17) is 0 Å². The summed E-state index contributed by atoms with van der Waals surface area (Å²) in [6.45, 7) is 0.277. The second kappa shape index (κ2) is 4.52. The van der Waals surface area contributed by atoms with Gasteiger partial charge in [0, 0.05) is 11.6 Å². The summed E-state index contributed by atoms with van der Waals surface area (Å²) in [5, 5.41) is 5.17. The first-order chi connectivity index (χ1) is 7.68. The summed E-state index contributed by atoms with van der Waals surface area (Å²) in [5.41, 5.74) is -0.0749. The topological polar surface area (TPSA) is 24.9 Å². The van der Waals surface area contributed by atoms with Crippen LogP contribution in [0.1, 0.15) is 5.01 Å². The lowest BCUT2D eigenvalue weighted by Crippen LogP contribution is -2.03. The van der Waals surface area contributed by atoms with E-state index in [0.717, 1.165) is 17.1 Å². The number of thiazole rings is 1. The number of benzene rings is 1. The highest BCUT2D eigenvalue weighted by Crippen LogP contribution is 2.20. The molecule has 0 atom stereocenters. The van der Waals surface area contributed by atoms with Gasteiger partial charge in [-0.15, -0.1) is 11.3 Å². The van der Waals surface area contributed by atoms with Gasteiger partial charge in [-0.25, -0.2) is 18.2 Å². The van der Waals surface area contributed by atoms with Crippen LogP contribution in [0.5, 0.6) is 0 Å². The Morgan fingerprint density at radius 3 is 2.69 bits per heavy atom. The third-order valence-corrected chi connectivity index (χ3v) is 2.73. The fourth-order valence-electron chi connectivity index (χ4n) is 1.17. The highest BCUT2D eigenvalue weighted by atomic mass is 32.1. The highest BCUT2D eigenvalue weighted by Gasteiger charge is 2.12. The molecule has 2 nitrogen and oxygen atoms in total. The number of nitrogens with zero attached hydrogens (tertiary/aromatic N) is 1. The van der Waals surface area contributed by atoms with Crippen molar-refractivity contribution in [2.75, 3.05) is 5.32 Å². The lowest BCUT2D eigenvalue weighted by molar-refractivity contribution is 0.449. The summed E-state index contributed by atoms with van der Waals surface area (Å²) in [6.07, 6.45) is 1.61. The number of hydrogen-bond acceptors (Lipinski definition) is 3. The third kappa shape index (κ3) is 2.16. The predicted molar refractivity (Wildman–Crippen MR) is 55.8 cm³/mol.